The average Bonchev–Trinajstić information content (AvgIpc) is 2.01. The smallest absolute Gasteiger partial charge is 0.451 e. The van der Waals surface area contributed by atoms with Crippen LogP contribution in [0.15, 0.2) is 5.10 Å². The Bertz CT molecular complexity index is 237. The lowest BCUT2D eigenvalue weighted by atomic mass is 10.5. The van der Waals surface area contributed by atoms with Crippen LogP contribution in [0, 0.1) is 0 Å². The van der Waals surface area contributed by atoms with Crippen molar-refractivity contribution >= 4 is 11.9 Å². The van der Waals surface area contributed by atoms with E-state index in [1.807, 2.05) is 0 Å². The van der Waals surface area contributed by atoms with Gasteiger partial charge < -0.3 is 9.64 Å². The van der Waals surface area contributed by atoms with Gasteiger partial charge in [0.2, 0.25) is 5.84 Å². The average molecular weight is 213 g/mol. The van der Waals surface area contributed by atoms with Crippen molar-refractivity contribution < 1.29 is 22.7 Å². The predicted octanol–water partition coefficient (Wildman–Crippen LogP) is 0.780. The maximum Gasteiger partial charge on any atom is 0.451 e. The summed E-state index contributed by atoms with van der Waals surface area (Å²) in [5, 5.41) is 2.86. The van der Waals surface area contributed by atoms with Gasteiger partial charge in [0.1, 0.15) is 0 Å². The molecule has 0 aromatic carbocycles. The molecule has 1 N–H and O–H groups in total. The minimum Gasteiger partial charge on any atom is -0.452 e. The van der Waals surface area contributed by atoms with Gasteiger partial charge in [-0.2, -0.15) is 13.2 Å². The molecule has 82 valence electrons. The minimum atomic E-state index is -4.62. The molecule has 0 radical (unpaired) electrons. The van der Waals surface area contributed by atoms with E-state index in [1.165, 1.54) is 0 Å². The van der Waals surface area contributed by atoms with Crippen molar-refractivity contribution in [2.45, 2.75) is 6.18 Å². The SMILES string of the molecule is COC(=O)N/N=C(\N(C)C)C(F)(F)F. The van der Waals surface area contributed by atoms with Crippen LogP contribution in [0.2, 0.25) is 0 Å². The number of hydrogen-bond acceptors (Lipinski definition) is 3. The summed E-state index contributed by atoms with van der Waals surface area (Å²) in [7, 11) is 3.34. The second-order valence-corrected chi connectivity index (χ2v) is 2.43. The molecule has 0 saturated carbocycles. The molecular weight excluding hydrogens is 203 g/mol. The lowest BCUT2D eigenvalue weighted by Crippen LogP contribution is -2.38. The third-order valence-corrected chi connectivity index (χ3v) is 1.12. The summed E-state index contributed by atoms with van der Waals surface area (Å²) in [4.78, 5) is 11.2. The number of amidine groups is 1. The molecule has 0 fully saturated rings. The van der Waals surface area contributed by atoms with Gasteiger partial charge >= 0.3 is 12.3 Å². The molecule has 5 nitrogen and oxygen atoms in total. The highest BCUT2D eigenvalue weighted by Crippen LogP contribution is 2.17. The Labute approximate surface area is 78.5 Å². The number of alkyl halides is 3. The summed E-state index contributed by atoms with van der Waals surface area (Å²) >= 11 is 0. The fourth-order valence-electron chi connectivity index (χ4n) is 0.561. The molecule has 0 unspecified atom stereocenters. The van der Waals surface area contributed by atoms with Crippen molar-refractivity contribution in [1.82, 2.24) is 10.3 Å². The molecule has 0 aromatic heterocycles. The second kappa shape index (κ2) is 4.68. The summed E-state index contributed by atoms with van der Waals surface area (Å²) in [6, 6.07) is 0. The largest absolute Gasteiger partial charge is 0.452 e. The number of hydrazone groups is 1. The quantitative estimate of drug-likeness (QED) is 0.398. The van der Waals surface area contributed by atoms with Crippen molar-refractivity contribution in [3.63, 3.8) is 0 Å². The molecule has 14 heavy (non-hydrogen) atoms. The van der Waals surface area contributed by atoms with E-state index in [9.17, 15) is 18.0 Å². The number of halogens is 3. The number of carbonyl (C=O) groups is 1. The number of ether oxygens (including phenoxy) is 1. The van der Waals surface area contributed by atoms with Gasteiger partial charge in [-0.1, -0.05) is 0 Å². The van der Waals surface area contributed by atoms with E-state index in [0.29, 0.717) is 0 Å². The number of hydrogen-bond donors (Lipinski definition) is 1. The zero-order valence-electron chi connectivity index (χ0n) is 7.84. The highest BCUT2D eigenvalue weighted by molar-refractivity contribution is 5.87. The van der Waals surface area contributed by atoms with Crippen molar-refractivity contribution in [2.24, 2.45) is 5.10 Å². The van der Waals surface area contributed by atoms with Gasteiger partial charge in [0.05, 0.1) is 7.11 Å². The topological polar surface area (TPSA) is 53.9 Å². The Morgan fingerprint density at radius 1 is 1.43 bits per heavy atom. The van der Waals surface area contributed by atoms with Crippen LogP contribution < -0.4 is 5.43 Å². The second-order valence-electron chi connectivity index (χ2n) is 2.43. The maximum absolute atomic E-state index is 12.2. The number of rotatable bonds is 1. The van der Waals surface area contributed by atoms with E-state index in [4.69, 9.17) is 0 Å². The zero-order chi connectivity index (χ0) is 11.4. The lowest BCUT2D eigenvalue weighted by molar-refractivity contribution is -0.0672. The molecule has 0 spiro atoms. The van der Waals surface area contributed by atoms with Gasteiger partial charge in [-0.3, -0.25) is 0 Å². The lowest BCUT2D eigenvalue weighted by Gasteiger charge is -2.17. The maximum atomic E-state index is 12.2. The van der Waals surface area contributed by atoms with E-state index < -0.39 is 18.1 Å². The summed E-state index contributed by atoms with van der Waals surface area (Å²) in [5.74, 6) is -1.22. The Hall–Kier alpha value is -1.47. The van der Waals surface area contributed by atoms with Crippen LogP contribution in [-0.4, -0.2) is 44.2 Å². The van der Waals surface area contributed by atoms with Gasteiger partial charge in [0.15, 0.2) is 0 Å². The molecule has 0 heterocycles. The third kappa shape index (κ3) is 3.97. The van der Waals surface area contributed by atoms with Gasteiger partial charge in [-0.15, -0.1) is 5.10 Å². The Morgan fingerprint density at radius 3 is 2.21 bits per heavy atom. The van der Waals surface area contributed by atoms with Gasteiger partial charge in [-0.05, 0) is 0 Å². The fourth-order valence-corrected chi connectivity index (χ4v) is 0.561. The van der Waals surface area contributed by atoms with Crippen LogP contribution in [0.4, 0.5) is 18.0 Å². The van der Waals surface area contributed by atoms with Crippen LogP contribution in [0.1, 0.15) is 0 Å². The highest BCUT2D eigenvalue weighted by atomic mass is 19.4. The normalized spacial score (nSPS) is 12.3. The van der Waals surface area contributed by atoms with Crippen molar-refractivity contribution in [2.75, 3.05) is 21.2 Å². The number of methoxy groups -OCH3 is 1. The standard InChI is InChI=1S/C6H10F3N3O2/c1-12(2)4(6(7,8)9)10-11-5(13)14-3/h1-3H3,(H,11,13)/b10-4-. The first kappa shape index (κ1) is 12.5. The van der Waals surface area contributed by atoms with Crippen molar-refractivity contribution in [3.05, 3.63) is 0 Å². The first-order chi connectivity index (χ1) is 6.29. The zero-order valence-corrected chi connectivity index (χ0v) is 7.84. The van der Waals surface area contributed by atoms with Crippen LogP contribution >= 0.6 is 0 Å². The molecule has 0 aliphatic carbocycles. The molecule has 8 heteroatoms. The summed E-state index contributed by atoms with van der Waals surface area (Å²) in [6.45, 7) is 0. The van der Waals surface area contributed by atoms with Crippen LogP contribution in [0.5, 0.6) is 0 Å². The first-order valence-corrected chi connectivity index (χ1v) is 3.45. The molecular formula is C6H10F3N3O2. The summed E-state index contributed by atoms with van der Waals surface area (Å²) in [6.07, 6.45) is -5.68. The third-order valence-electron chi connectivity index (χ3n) is 1.12. The van der Waals surface area contributed by atoms with Crippen LogP contribution in [0.25, 0.3) is 0 Å². The summed E-state index contributed by atoms with van der Waals surface area (Å²) in [5.41, 5.74) is 1.59. The number of nitrogens with one attached hydrogen (secondary N) is 1. The molecule has 0 bridgehead atoms. The van der Waals surface area contributed by atoms with E-state index in [-0.39, 0.29) is 0 Å². The number of nitrogens with zero attached hydrogens (tertiary/aromatic N) is 2. The van der Waals surface area contributed by atoms with E-state index in [2.05, 4.69) is 9.84 Å². The molecule has 0 atom stereocenters. The minimum absolute atomic E-state index is 0.732. The Kier molecular flexibility index (Phi) is 4.19. The van der Waals surface area contributed by atoms with E-state index in [1.54, 1.807) is 5.43 Å². The van der Waals surface area contributed by atoms with Crippen molar-refractivity contribution in [3.8, 4) is 0 Å². The molecule has 0 aromatic rings. The van der Waals surface area contributed by atoms with Crippen LogP contribution in [-0.2, 0) is 4.74 Å². The predicted molar refractivity (Wildman–Crippen MR) is 42.7 cm³/mol. The number of carbonyl (C=O) groups excluding carboxylic acids is 1. The molecule has 0 aliphatic heterocycles. The van der Waals surface area contributed by atoms with Gasteiger partial charge in [0, 0.05) is 14.1 Å². The fraction of sp³-hybridized carbons (Fsp3) is 0.667. The molecule has 0 aliphatic rings. The van der Waals surface area contributed by atoms with Crippen molar-refractivity contribution in [1.29, 1.82) is 0 Å². The summed E-state index contributed by atoms with van der Waals surface area (Å²) < 4.78 is 40.5. The Morgan fingerprint density at radius 2 is 1.93 bits per heavy atom. The van der Waals surface area contributed by atoms with E-state index >= 15 is 0 Å². The van der Waals surface area contributed by atoms with Gasteiger partial charge in [0.25, 0.3) is 0 Å². The Balaban J connectivity index is 4.59. The molecule has 1 amide bonds. The first-order valence-electron chi connectivity index (χ1n) is 3.45. The monoisotopic (exact) mass is 213 g/mol. The molecule has 0 saturated heterocycles. The number of amides is 1. The van der Waals surface area contributed by atoms with E-state index in [0.717, 1.165) is 26.1 Å². The van der Waals surface area contributed by atoms with Gasteiger partial charge in [-0.25, -0.2) is 10.2 Å². The molecule has 0 rings (SSSR count). The highest BCUT2D eigenvalue weighted by Gasteiger charge is 2.38. The van der Waals surface area contributed by atoms with Crippen LogP contribution in [0.3, 0.4) is 0 Å².